The third-order valence-corrected chi connectivity index (χ3v) is 2.95. The number of hydrogen-bond donors (Lipinski definition) is 2. The van der Waals surface area contributed by atoms with Gasteiger partial charge in [0.05, 0.1) is 18.1 Å². The van der Waals surface area contributed by atoms with E-state index >= 15 is 0 Å². The summed E-state index contributed by atoms with van der Waals surface area (Å²) in [5.74, 6) is -0.207. The Morgan fingerprint density at radius 2 is 2.06 bits per heavy atom. The van der Waals surface area contributed by atoms with Gasteiger partial charge in [-0.25, -0.2) is 9.37 Å². The lowest BCUT2D eigenvalue weighted by molar-refractivity contribution is 0.551. The lowest BCUT2D eigenvalue weighted by atomic mass is 9.98. The molecular weight excluding hydrogens is 205 g/mol. The van der Waals surface area contributed by atoms with Gasteiger partial charge in [-0.05, 0) is 17.7 Å². The zero-order valence-corrected chi connectivity index (χ0v) is 8.70. The molecule has 0 saturated heterocycles. The topological polar surface area (TPSA) is 40.7 Å². The molecule has 0 spiro atoms. The fourth-order valence-electron chi connectivity index (χ4n) is 2.15. The number of H-pyrrole nitrogens is 1. The molecule has 2 N–H and O–H groups in total. The highest BCUT2D eigenvalue weighted by atomic mass is 19.1. The van der Waals surface area contributed by atoms with Gasteiger partial charge < -0.3 is 10.3 Å². The minimum absolute atomic E-state index is 0.0793. The smallest absolute Gasteiger partial charge is 0.123 e. The summed E-state index contributed by atoms with van der Waals surface area (Å²) in [6, 6.07) is 6.65. The van der Waals surface area contributed by atoms with Crippen LogP contribution in [-0.4, -0.2) is 16.5 Å². The van der Waals surface area contributed by atoms with Crippen LogP contribution < -0.4 is 5.32 Å². The molecule has 3 nitrogen and oxygen atoms in total. The van der Waals surface area contributed by atoms with Crippen LogP contribution in [0.3, 0.4) is 0 Å². The number of nitrogens with one attached hydrogen (secondary N) is 2. The predicted molar refractivity (Wildman–Crippen MR) is 58.5 cm³/mol. The molecule has 1 aliphatic heterocycles. The number of imidazole rings is 1. The zero-order valence-electron chi connectivity index (χ0n) is 8.70. The van der Waals surface area contributed by atoms with Crippen molar-refractivity contribution in [3.05, 3.63) is 53.4 Å². The summed E-state index contributed by atoms with van der Waals surface area (Å²) in [7, 11) is 0. The highest BCUT2D eigenvalue weighted by molar-refractivity contribution is 5.32. The van der Waals surface area contributed by atoms with Crippen LogP contribution >= 0.6 is 0 Å². The van der Waals surface area contributed by atoms with Crippen LogP contribution in [0.2, 0.25) is 0 Å². The van der Waals surface area contributed by atoms with Crippen molar-refractivity contribution in [2.45, 2.75) is 12.5 Å². The lowest BCUT2D eigenvalue weighted by Crippen LogP contribution is -2.30. The SMILES string of the molecule is Fc1ccc([C@H]2NCCc3[nH]cnc32)cc1. The van der Waals surface area contributed by atoms with Crippen LogP contribution in [0.5, 0.6) is 0 Å². The van der Waals surface area contributed by atoms with E-state index < -0.39 is 0 Å². The van der Waals surface area contributed by atoms with Crippen molar-refractivity contribution >= 4 is 0 Å². The van der Waals surface area contributed by atoms with E-state index in [-0.39, 0.29) is 11.9 Å². The average Bonchev–Trinajstić information content (AvgIpc) is 2.78. The molecular formula is C12H12FN3. The van der Waals surface area contributed by atoms with Gasteiger partial charge in [0.15, 0.2) is 0 Å². The van der Waals surface area contributed by atoms with Crippen molar-refractivity contribution in [3.8, 4) is 0 Å². The highest BCUT2D eigenvalue weighted by Gasteiger charge is 2.23. The van der Waals surface area contributed by atoms with Crippen molar-refractivity contribution in [1.29, 1.82) is 0 Å². The Morgan fingerprint density at radius 3 is 2.88 bits per heavy atom. The van der Waals surface area contributed by atoms with Crippen molar-refractivity contribution < 1.29 is 4.39 Å². The average molecular weight is 217 g/mol. The molecule has 2 heterocycles. The third kappa shape index (κ3) is 1.51. The minimum atomic E-state index is -0.207. The van der Waals surface area contributed by atoms with Crippen molar-refractivity contribution in [3.63, 3.8) is 0 Å². The molecule has 4 heteroatoms. The Balaban J connectivity index is 2.00. The summed E-state index contributed by atoms with van der Waals surface area (Å²) >= 11 is 0. The molecule has 0 saturated carbocycles. The fourth-order valence-corrected chi connectivity index (χ4v) is 2.15. The first-order valence-electron chi connectivity index (χ1n) is 5.35. The fraction of sp³-hybridized carbons (Fsp3) is 0.250. The van der Waals surface area contributed by atoms with E-state index in [2.05, 4.69) is 15.3 Å². The van der Waals surface area contributed by atoms with Crippen LogP contribution in [0.1, 0.15) is 23.0 Å². The molecule has 1 aromatic heterocycles. The standard InChI is InChI=1S/C12H12FN3/c13-9-3-1-8(2-4-9)11-12-10(5-6-14-11)15-7-16-12/h1-4,7,11,14H,5-6H2,(H,15,16)/t11-/m1/s1. The summed E-state index contributed by atoms with van der Waals surface area (Å²) in [5, 5.41) is 3.39. The maximum Gasteiger partial charge on any atom is 0.123 e. The first-order valence-corrected chi connectivity index (χ1v) is 5.35. The highest BCUT2D eigenvalue weighted by Crippen LogP contribution is 2.25. The number of aromatic amines is 1. The van der Waals surface area contributed by atoms with Crippen LogP contribution in [0.4, 0.5) is 4.39 Å². The molecule has 0 radical (unpaired) electrons. The number of rotatable bonds is 1. The normalized spacial score (nSPS) is 19.4. The summed E-state index contributed by atoms with van der Waals surface area (Å²) in [6.45, 7) is 0.914. The Labute approximate surface area is 92.7 Å². The molecule has 16 heavy (non-hydrogen) atoms. The molecule has 1 aliphatic rings. The van der Waals surface area contributed by atoms with Crippen molar-refractivity contribution in [2.24, 2.45) is 0 Å². The largest absolute Gasteiger partial charge is 0.348 e. The number of benzene rings is 1. The zero-order chi connectivity index (χ0) is 11.0. The van der Waals surface area contributed by atoms with Gasteiger partial charge in [0.2, 0.25) is 0 Å². The first kappa shape index (κ1) is 9.54. The Bertz CT molecular complexity index is 489. The van der Waals surface area contributed by atoms with Crippen LogP contribution in [-0.2, 0) is 6.42 Å². The van der Waals surface area contributed by atoms with Gasteiger partial charge in [-0.1, -0.05) is 12.1 Å². The van der Waals surface area contributed by atoms with Gasteiger partial charge in [-0.15, -0.1) is 0 Å². The van der Waals surface area contributed by atoms with Gasteiger partial charge >= 0.3 is 0 Å². The van der Waals surface area contributed by atoms with E-state index in [1.165, 1.54) is 17.8 Å². The molecule has 0 amide bonds. The van der Waals surface area contributed by atoms with Gasteiger partial charge in [-0.3, -0.25) is 0 Å². The molecule has 0 bridgehead atoms. The van der Waals surface area contributed by atoms with E-state index in [1.807, 2.05) is 0 Å². The van der Waals surface area contributed by atoms with E-state index in [1.54, 1.807) is 18.5 Å². The molecule has 0 aliphatic carbocycles. The Hall–Kier alpha value is -1.68. The molecule has 1 aromatic carbocycles. The van der Waals surface area contributed by atoms with E-state index in [4.69, 9.17) is 0 Å². The van der Waals surface area contributed by atoms with E-state index in [0.29, 0.717) is 0 Å². The summed E-state index contributed by atoms with van der Waals surface area (Å²) < 4.78 is 12.8. The maximum atomic E-state index is 12.8. The lowest BCUT2D eigenvalue weighted by Gasteiger charge is -2.23. The molecule has 82 valence electrons. The van der Waals surface area contributed by atoms with Crippen molar-refractivity contribution in [2.75, 3.05) is 6.54 Å². The maximum absolute atomic E-state index is 12.8. The van der Waals surface area contributed by atoms with Crippen LogP contribution in [0.15, 0.2) is 30.6 Å². The number of aromatic nitrogens is 2. The second-order valence-electron chi connectivity index (χ2n) is 3.96. The quantitative estimate of drug-likeness (QED) is 0.764. The summed E-state index contributed by atoms with van der Waals surface area (Å²) in [5.41, 5.74) is 3.25. The van der Waals surface area contributed by atoms with Gasteiger partial charge in [0.25, 0.3) is 0 Å². The van der Waals surface area contributed by atoms with E-state index in [0.717, 1.165) is 24.2 Å². The number of hydrogen-bond acceptors (Lipinski definition) is 2. The van der Waals surface area contributed by atoms with Crippen LogP contribution in [0.25, 0.3) is 0 Å². The van der Waals surface area contributed by atoms with Gasteiger partial charge in [0, 0.05) is 18.7 Å². The Morgan fingerprint density at radius 1 is 1.25 bits per heavy atom. The minimum Gasteiger partial charge on any atom is -0.348 e. The summed E-state index contributed by atoms with van der Waals surface area (Å²) in [6.07, 6.45) is 2.68. The monoisotopic (exact) mass is 217 g/mol. The summed E-state index contributed by atoms with van der Waals surface area (Å²) in [4.78, 5) is 7.47. The number of fused-ring (bicyclic) bond motifs is 1. The molecule has 1 atom stereocenters. The Kier molecular flexibility index (Phi) is 2.22. The number of nitrogens with zero attached hydrogens (tertiary/aromatic N) is 1. The van der Waals surface area contributed by atoms with Gasteiger partial charge in [0.1, 0.15) is 5.82 Å². The number of halogens is 1. The second-order valence-corrected chi connectivity index (χ2v) is 3.96. The molecule has 2 aromatic rings. The third-order valence-electron chi connectivity index (χ3n) is 2.95. The molecule has 0 fully saturated rings. The first-order chi connectivity index (χ1) is 7.84. The van der Waals surface area contributed by atoms with E-state index in [9.17, 15) is 4.39 Å². The van der Waals surface area contributed by atoms with Crippen LogP contribution in [0, 0.1) is 5.82 Å². The predicted octanol–water partition coefficient (Wildman–Crippen LogP) is 1.78. The molecule has 0 unspecified atom stereocenters. The molecule has 3 rings (SSSR count). The second kappa shape index (κ2) is 3.72. The van der Waals surface area contributed by atoms with Crippen molar-refractivity contribution in [1.82, 2.24) is 15.3 Å². The van der Waals surface area contributed by atoms with Gasteiger partial charge in [-0.2, -0.15) is 0 Å².